The zero-order valence-corrected chi connectivity index (χ0v) is 11.2. The Labute approximate surface area is 115 Å². The van der Waals surface area contributed by atoms with E-state index in [4.69, 9.17) is 5.73 Å². The van der Waals surface area contributed by atoms with Crippen LogP contribution in [0.25, 0.3) is 22.6 Å². The molecule has 20 heavy (non-hydrogen) atoms. The number of carbonyl (C=O) groups excluding carboxylic acids is 1. The summed E-state index contributed by atoms with van der Waals surface area (Å²) in [7, 11) is 1.75. The third-order valence-electron chi connectivity index (χ3n) is 3.25. The molecule has 100 valence electrons. The monoisotopic (exact) mass is 267 g/mol. The van der Waals surface area contributed by atoms with Crippen LogP contribution in [0.1, 0.15) is 15.9 Å². The predicted octanol–water partition coefficient (Wildman–Crippen LogP) is 1.73. The Balaban J connectivity index is 2.24. The number of hydrogen-bond donors (Lipinski definition) is 1. The predicted molar refractivity (Wildman–Crippen MR) is 76.3 cm³/mol. The number of anilines is 1. The maximum Gasteiger partial charge on any atom is 0.160 e. The molecule has 6 heteroatoms. The molecule has 0 fully saturated rings. The van der Waals surface area contributed by atoms with Gasteiger partial charge in [0.2, 0.25) is 0 Å². The topological polar surface area (TPSA) is 86.7 Å². The van der Waals surface area contributed by atoms with Crippen LogP contribution in [0.4, 0.5) is 5.82 Å². The second kappa shape index (κ2) is 4.41. The minimum absolute atomic E-state index is 0.365. The SMILES string of the molecule is Cc1ccc(-c2cnc3c(n2)c(C=O)c(N)n3C)nc1. The molecule has 0 saturated heterocycles. The van der Waals surface area contributed by atoms with E-state index < -0.39 is 0 Å². The molecule has 0 amide bonds. The number of rotatable bonds is 2. The molecule has 0 saturated carbocycles. The molecule has 2 N–H and O–H groups in total. The maximum atomic E-state index is 11.2. The molecular formula is C14H13N5O. The van der Waals surface area contributed by atoms with Crippen LogP contribution in [0.5, 0.6) is 0 Å². The summed E-state index contributed by atoms with van der Waals surface area (Å²) in [6.07, 6.45) is 4.11. The van der Waals surface area contributed by atoms with Crippen LogP contribution in [0.2, 0.25) is 0 Å². The van der Waals surface area contributed by atoms with E-state index in [1.165, 1.54) is 0 Å². The molecular weight excluding hydrogens is 254 g/mol. The standard InChI is InChI=1S/C14H13N5O/c1-8-3-4-10(16-5-8)11-6-17-14-12(18-11)9(7-20)13(15)19(14)2/h3-7H,15H2,1-2H3. The number of aromatic nitrogens is 4. The summed E-state index contributed by atoms with van der Waals surface area (Å²) in [6.45, 7) is 1.97. The molecule has 0 aromatic carbocycles. The fourth-order valence-electron chi connectivity index (χ4n) is 2.08. The summed E-state index contributed by atoms with van der Waals surface area (Å²) < 4.78 is 1.65. The Hall–Kier alpha value is -2.76. The van der Waals surface area contributed by atoms with Gasteiger partial charge in [0.25, 0.3) is 0 Å². The Morgan fingerprint density at radius 1 is 1.20 bits per heavy atom. The van der Waals surface area contributed by atoms with Gasteiger partial charge in [0, 0.05) is 13.2 Å². The number of nitrogens with zero attached hydrogens (tertiary/aromatic N) is 4. The molecule has 0 radical (unpaired) electrons. The number of hydrogen-bond acceptors (Lipinski definition) is 5. The van der Waals surface area contributed by atoms with Gasteiger partial charge in [-0.25, -0.2) is 9.97 Å². The van der Waals surface area contributed by atoms with Gasteiger partial charge in [-0.05, 0) is 18.6 Å². The van der Waals surface area contributed by atoms with E-state index in [2.05, 4.69) is 15.0 Å². The van der Waals surface area contributed by atoms with Crippen molar-refractivity contribution in [3.8, 4) is 11.4 Å². The van der Waals surface area contributed by atoms with Gasteiger partial charge in [-0.2, -0.15) is 0 Å². The first-order chi connectivity index (χ1) is 9.61. The number of nitrogens with two attached hydrogens (primary N) is 1. The van der Waals surface area contributed by atoms with E-state index in [0.717, 1.165) is 5.56 Å². The maximum absolute atomic E-state index is 11.2. The first-order valence-corrected chi connectivity index (χ1v) is 6.11. The number of aldehydes is 1. The Morgan fingerprint density at radius 3 is 2.65 bits per heavy atom. The third kappa shape index (κ3) is 1.73. The highest BCUT2D eigenvalue weighted by molar-refractivity contribution is 6.00. The summed E-state index contributed by atoms with van der Waals surface area (Å²) >= 11 is 0. The van der Waals surface area contributed by atoms with Gasteiger partial charge in [0.1, 0.15) is 17.0 Å². The van der Waals surface area contributed by atoms with E-state index in [9.17, 15) is 4.79 Å². The Kier molecular flexibility index (Phi) is 2.71. The summed E-state index contributed by atoms with van der Waals surface area (Å²) in [5.41, 5.74) is 9.72. The van der Waals surface area contributed by atoms with Crippen LogP contribution in [-0.4, -0.2) is 25.8 Å². The molecule has 0 unspecified atom stereocenters. The minimum atomic E-state index is 0.365. The molecule has 0 aliphatic rings. The van der Waals surface area contributed by atoms with Crippen LogP contribution in [0.15, 0.2) is 24.5 Å². The fraction of sp³-hybridized carbons (Fsp3) is 0.143. The lowest BCUT2D eigenvalue weighted by atomic mass is 10.2. The fourth-order valence-corrected chi connectivity index (χ4v) is 2.08. The second-order valence-corrected chi connectivity index (χ2v) is 4.62. The van der Waals surface area contributed by atoms with Crippen molar-refractivity contribution in [2.24, 2.45) is 7.05 Å². The van der Waals surface area contributed by atoms with Gasteiger partial charge in [-0.15, -0.1) is 0 Å². The average Bonchev–Trinajstić information content (AvgIpc) is 2.71. The van der Waals surface area contributed by atoms with E-state index in [1.54, 1.807) is 24.0 Å². The van der Waals surface area contributed by atoms with Gasteiger partial charge in [-0.1, -0.05) is 6.07 Å². The average molecular weight is 267 g/mol. The lowest BCUT2D eigenvalue weighted by Gasteiger charge is -2.01. The van der Waals surface area contributed by atoms with Crippen LogP contribution in [0, 0.1) is 6.92 Å². The molecule has 0 aliphatic carbocycles. The number of nitrogen functional groups attached to an aromatic ring is 1. The molecule has 0 spiro atoms. The van der Waals surface area contributed by atoms with Crippen molar-refractivity contribution in [1.29, 1.82) is 0 Å². The van der Waals surface area contributed by atoms with Crippen molar-refractivity contribution in [2.75, 3.05) is 5.73 Å². The van der Waals surface area contributed by atoms with Crippen molar-refractivity contribution < 1.29 is 4.79 Å². The molecule has 0 atom stereocenters. The van der Waals surface area contributed by atoms with Gasteiger partial charge >= 0.3 is 0 Å². The molecule has 3 heterocycles. The van der Waals surface area contributed by atoms with Crippen molar-refractivity contribution in [2.45, 2.75) is 6.92 Å². The summed E-state index contributed by atoms with van der Waals surface area (Å²) in [6, 6.07) is 3.83. The first-order valence-electron chi connectivity index (χ1n) is 6.11. The molecule has 0 aliphatic heterocycles. The highest BCUT2D eigenvalue weighted by Gasteiger charge is 2.15. The Bertz CT molecular complexity index is 805. The molecule has 6 nitrogen and oxygen atoms in total. The van der Waals surface area contributed by atoms with Crippen molar-refractivity contribution >= 4 is 23.3 Å². The lowest BCUT2D eigenvalue weighted by molar-refractivity contribution is 0.112. The zero-order valence-electron chi connectivity index (χ0n) is 11.2. The Morgan fingerprint density at radius 2 is 2.00 bits per heavy atom. The number of pyridine rings is 1. The second-order valence-electron chi connectivity index (χ2n) is 4.62. The van der Waals surface area contributed by atoms with Gasteiger partial charge in [0.05, 0.1) is 17.5 Å². The summed E-state index contributed by atoms with van der Waals surface area (Å²) in [5, 5.41) is 0. The van der Waals surface area contributed by atoms with Crippen LogP contribution >= 0.6 is 0 Å². The van der Waals surface area contributed by atoms with Gasteiger partial charge in [0.15, 0.2) is 11.9 Å². The smallest absolute Gasteiger partial charge is 0.160 e. The van der Waals surface area contributed by atoms with Crippen LogP contribution in [-0.2, 0) is 7.05 Å². The van der Waals surface area contributed by atoms with Gasteiger partial charge in [-0.3, -0.25) is 9.78 Å². The van der Waals surface area contributed by atoms with Crippen LogP contribution < -0.4 is 5.73 Å². The highest BCUT2D eigenvalue weighted by atomic mass is 16.1. The van der Waals surface area contributed by atoms with Crippen molar-refractivity contribution in [1.82, 2.24) is 19.5 Å². The molecule has 0 bridgehead atoms. The third-order valence-corrected chi connectivity index (χ3v) is 3.25. The van der Waals surface area contributed by atoms with Crippen molar-refractivity contribution in [3.63, 3.8) is 0 Å². The minimum Gasteiger partial charge on any atom is -0.384 e. The van der Waals surface area contributed by atoms with Crippen LogP contribution in [0.3, 0.4) is 0 Å². The lowest BCUT2D eigenvalue weighted by Crippen LogP contribution is -1.98. The van der Waals surface area contributed by atoms with E-state index in [-0.39, 0.29) is 0 Å². The van der Waals surface area contributed by atoms with Gasteiger partial charge < -0.3 is 10.3 Å². The molecule has 3 aromatic heterocycles. The van der Waals surface area contributed by atoms with E-state index in [0.29, 0.717) is 40.2 Å². The van der Waals surface area contributed by atoms with Crippen molar-refractivity contribution in [3.05, 3.63) is 35.7 Å². The van der Waals surface area contributed by atoms with E-state index in [1.807, 2.05) is 19.1 Å². The zero-order chi connectivity index (χ0) is 14.3. The molecule has 3 rings (SSSR count). The highest BCUT2D eigenvalue weighted by Crippen LogP contribution is 2.25. The molecule has 3 aromatic rings. The first kappa shape index (κ1) is 12.3. The van der Waals surface area contributed by atoms with E-state index >= 15 is 0 Å². The normalized spacial score (nSPS) is 10.9. The summed E-state index contributed by atoms with van der Waals surface area (Å²) in [5.74, 6) is 0.365. The number of carbonyl (C=O) groups is 1. The largest absolute Gasteiger partial charge is 0.384 e. The number of aryl methyl sites for hydroxylation is 2. The quantitative estimate of drug-likeness (QED) is 0.714. The summed E-state index contributed by atoms with van der Waals surface area (Å²) in [4.78, 5) is 24.3. The number of fused-ring (bicyclic) bond motifs is 1.